The fourth-order valence-electron chi connectivity index (χ4n) is 4.95. The summed E-state index contributed by atoms with van der Waals surface area (Å²) in [5.74, 6) is 0.811. The summed E-state index contributed by atoms with van der Waals surface area (Å²) in [6.07, 6.45) is 0.436. The number of aromatic nitrogens is 5. The highest BCUT2D eigenvalue weighted by molar-refractivity contribution is 7.99. The van der Waals surface area contributed by atoms with Gasteiger partial charge in [-0.1, -0.05) is 54.2 Å². The van der Waals surface area contributed by atoms with Crippen molar-refractivity contribution in [2.45, 2.75) is 68.0 Å². The smallest absolute Gasteiger partial charge is 0.225 e. The van der Waals surface area contributed by atoms with Gasteiger partial charge in [0, 0.05) is 24.3 Å². The van der Waals surface area contributed by atoms with Gasteiger partial charge < -0.3 is 26.6 Å². The molecule has 2 aliphatic rings. The van der Waals surface area contributed by atoms with Crippen LogP contribution >= 0.6 is 11.8 Å². The zero-order valence-corrected chi connectivity index (χ0v) is 21.6. The molecule has 2 aliphatic carbocycles. The number of aliphatic hydroxyl groups excluding tert-OH is 2. The van der Waals surface area contributed by atoms with Gasteiger partial charge in [-0.05, 0) is 37.8 Å². The minimum atomic E-state index is -1.21. The first-order valence-electron chi connectivity index (χ1n) is 12.9. The molecule has 0 radical (unpaired) electrons. The molecule has 2 heterocycles. The van der Waals surface area contributed by atoms with Gasteiger partial charge >= 0.3 is 0 Å². The van der Waals surface area contributed by atoms with Crippen LogP contribution in [0, 0.1) is 5.92 Å². The van der Waals surface area contributed by atoms with Crippen LogP contribution in [0.2, 0.25) is 0 Å². The molecule has 198 valence electrons. The van der Waals surface area contributed by atoms with E-state index >= 15 is 0 Å². The predicted molar refractivity (Wildman–Crippen MR) is 141 cm³/mol. The number of hydrogen-bond donors (Lipinski definition) is 5. The number of nitrogens with one attached hydrogen (secondary N) is 2. The number of anilines is 1. The summed E-state index contributed by atoms with van der Waals surface area (Å²) in [4.78, 5) is 22.1. The van der Waals surface area contributed by atoms with Gasteiger partial charge in [0.05, 0.1) is 18.1 Å². The van der Waals surface area contributed by atoms with Gasteiger partial charge in [0.25, 0.3) is 0 Å². The Balaban J connectivity index is 1.40. The average molecular weight is 527 g/mol. The highest BCUT2D eigenvalue weighted by Gasteiger charge is 2.47. The lowest BCUT2D eigenvalue weighted by Crippen LogP contribution is -2.38. The van der Waals surface area contributed by atoms with Gasteiger partial charge in [-0.25, -0.2) is 14.6 Å². The molecule has 1 amide bonds. The summed E-state index contributed by atoms with van der Waals surface area (Å²) in [6.45, 7) is 2.99. The second-order valence-corrected chi connectivity index (χ2v) is 10.8. The number of fused-ring (bicyclic) bond motifs is 1. The SMILES string of the molecule is CCCSc1nc(NC2CC2c2ccccc2)c2nnn([C@@H]3C[C@H](C(=O)NCCCN)[C@@H](O)[C@H]3O)c2n1. The van der Waals surface area contributed by atoms with Crippen molar-refractivity contribution in [3.05, 3.63) is 35.9 Å². The lowest BCUT2D eigenvalue weighted by atomic mass is 10.0. The van der Waals surface area contributed by atoms with Gasteiger partial charge in [-0.2, -0.15) is 0 Å². The summed E-state index contributed by atoms with van der Waals surface area (Å²) >= 11 is 1.55. The van der Waals surface area contributed by atoms with Crippen LogP contribution in [0.5, 0.6) is 0 Å². The molecule has 1 aromatic carbocycles. The number of carbonyl (C=O) groups is 1. The average Bonchev–Trinajstić information content (AvgIpc) is 3.45. The maximum atomic E-state index is 12.6. The standard InChI is InChI=1S/C25H34N8O3S/c1-2-11-37-25-29-22(28-17-12-15(17)14-7-4-3-5-8-14)19-23(30-25)33(32-31-19)18-13-16(20(34)21(18)35)24(36)27-10-6-9-26/h3-5,7-8,15-18,20-21,34-35H,2,6,9-13,26H2,1H3,(H,27,36)(H,28,29,30)/t15?,16-,17?,18+,20+,21-/m0/s1. The number of carbonyl (C=O) groups excluding carboxylic acids is 1. The molecule has 3 aromatic rings. The predicted octanol–water partition coefficient (Wildman–Crippen LogP) is 1.44. The van der Waals surface area contributed by atoms with Crippen LogP contribution in [-0.4, -0.2) is 78.2 Å². The van der Waals surface area contributed by atoms with Crippen LogP contribution in [-0.2, 0) is 4.79 Å². The summed E-state index contributed by atoms with van der Waals surface area (Å²) in [5, 5.41) is 37.1. The Hall–Kier alpha value is -2.80. The number of amides is 1. The Bertz CT molecular complexity index is 1230. The van der Waals surface area contributed by atoms with Crippen LogP contribution < -0.4 is 16.4 Å². The molecule has 6 N–H and O–H groups in total. The molecule has 2 fully saturated rings. The summed E-state index contributed by atoms with van der Waals surface area (Å²) in [5.41, 5.74) is 7.78. The van der Waals surface area contributed by atoms with E-state index in [1.807, 2.05) is 18.2 Å². The summed E-state index contributed by atoms with van der Waals surface area (Å²) in [7, 11) is 0. The first-order valence-corrected chi connectivity index (χ1v) is 13.9. The van der Waals surface area contributed by atoms with Gasteiger partial charge in [-0.3, -0.25) is 4.79 Å². The third-order valence-corrected chi connectivity index (χ3v) is 8.11. The normalized spacial score (nSPS) is 26.9. The first-order chi connectivity index (χ1) is 18.0. The van der Waals surface area contributed by atoms with E-state index in [-0.39, 0.29) is 18.4 Å². The van der Waals surface area contributed by atoms with E-state index in [4.69, 9.17) is 15.7 Å². The van der Waals surface area contributed by atoms with Crippen molar-refractivity contribution < 1.29 is 15.0 Å². The number of thioether (sulfide) groups is 1. The van der Waals surface area contributed by atoms with Crippen LogP contribution in [0.15, 0.2) is 35.5 Å². The molecule has 0 saturated heterocycles. The molecule has 6 atom stereocenters. The van der Waals surface area contributed by atoms with Crippen molar-refractivity contribution in [1.29, 1.82) is 0 Å². The largest absolute Gasteiger partial charge is 0.390 e. The Morgan fingerprint density at radius 2 is 2.00 bits per heavy atom. The lowest BCUT2D eigenvalue weighted by molar-refractivity contribution is -0.128. The number of aliphatic hydroxyl groups is 2. The van der Waals surface area contributed by atoms with Crippen molar-refractivity contribution in [3.8, 4) is 0 Å². The zero-order valence-electron chi connectivity index (χ0n) is 20.8. The summed E-state index contributed by atoms with van der Waals surface area (Å²) < 4.78 is 1.54. The van der Waals surface area contributed by atoms with E-state index in [0.717, 1.165) is 18.6 Å². The molecule has 0 aliphatic heterocycles. The van der Waals surface area contributed by atoms with Crippen molar-refractivity contribution >= 4 is 34.7 Å². The lowest BCUT2D eigenvalue weighted by Gasteiger charge is -2.17. The Kier molecular flexibility index (Phi) is 7.89. The molecule has 2 unspecified atom stereocenters. The molecule has 5 rings (SSSR count). The van der Waals surface area contributed by atoms with Crippen molar-refractivity contribution in [2.24, 2.45) is 11.7 Å². The van der Waals surface area contributed by atoms with Crippen LogP contribution in [0.1, 0.15) is 50.1 Å². The molecule has 37 heavy (non-hydrogen) atoms. The van der Waals surface area contributed by atoms with Gasteiger partial charge in [0.2, 0.25) is 5.91 Å². The minimum absolute atomic E-state index is 0.220. The fraction of sp³-hybridized carbons (Fsp3) is 0.560. The first kappa shape index (κ1) is 25.8. The van der Waals surface area contributed by atoms with Gasteiger partial charge in [-0.15, -0.1) is 5.10 Å². The quantitative estimate of drug-likeness (QED) is 0.140. The molecule has 11 nitrogen and oxygen atoms in total. The maximum absolute atomic E-state index is 12.6. The van der Waals surface area contributed by atoms with E-state index in [0.29, 0.717) is 47.6 Å². The monoisotopic (exact) mass is 526 g/mol. The second kappa shape index (κ2) is 11.3. The number of rotatable bonds is 11. The topological polar surface area (TPSA) is 164 Å². The molecule has 0 bridgehead atoms. The van der Waals surface area contributed by atoms with E-state index in [2.05, 4.69) is 40.0 Å². The number of nitrogens with two attached hydrogens (primary N) is 1. The fourth-order valence-corrected chi connectivity index (χ4v) is 5.64. The Morgan fingerprint density at radius 1 is 1.19 bits per heavy atom. The number of benzene rings is 1. The molecule has 12 heteroatoms. The minimum Gasteiger partial charge on any atom is -0.390 e. The second-order valence-electron chi connectivity index (χ2n) is 9.74. The molecule has 2 saturated carbocycles. The molecule has 0 spiro atoms. The highest BCUT2D eigenvalue weighted by atomic mass is 32.2. The summed E-state index contributed by atoms with van der Waals surface area (Å²) in [6, 6.07) is 9.97. The molecular formula is C25H34N8O3S. The van der Waals surface area contributed by atoms with Gasteiger partial charge in [0.15, 0.2) is 22.1 Å². The van der Waals surface area contributed by atoms with Crippen LogP contribution in [0.4, 0.5) is 5.82 Å². The van der Waals surface area contributed by atoms with Crippen LogP contribution in [0.3, 0.4) is 0 Å². The zero-order chi connectivity index (χ0) is 25.9. The third kappa shape index (κ3) is 5.42. The van der Waals surface area contributed by atoms with Crippen molar-refractivity contribution in [2.75, 3.05) is 24.2 Å². The van der Waals surface area contributed by atoms with E-state index in [1.54, 1.807) is 16.4 Å². The van der Waals surface area contributed by atoms with E-state index in [9.17, 15) is 15.0 Å². The highest BCUT2D eigenvalue weighted by Crippen LogP contribution is 2.43. The van der Waals surface area contributed by atoms with Crippen molar-refractivity contribution in [1.82, 2.24) is 30.3 Å². The number of hydrogen-bond acceptors (Lipinski definition) is 10. The van der Waals surface area contributed by atoms with Crippen molar-refractivity contribution in [3.63, 3.8) is 0 Å². The Labute approximate surface area is 219 Å². The van der Waals surface area contributed by atoms with Gasteiger partial charge in [0.1, 0.15) is 6.10 Å². The Morgan fingerprint density at radius 3 is 2.76 bits per heavy atom. The molecular weight excluding hydrogens is 492 g/mol. The maximum Gasteiger partial charge on any atom is 0.225 e. The number of nitrogens with zero attached hydrogens (tertiary/aromatic N) is 5. The molecule has 2 aromatic heterocycles. The van der Waals surface area contributed by atoms with E-state index in [1.165, 1.54) is 5.56 Å². The van der Waals surface area contributed by atoms with Crippen LogP contribution in [0.25, 0.3) is 11.2 Å². The van der Waals surface area contributed by atoms with E-state index < -0.39 is 24.2 Å². The third-order valence-electron chi connectivity index (χ3n) is 7.06.